The van der Waals surface area contributed by atoms with Gasteiger partial charge in [-0.15, -0.1) is 0 Å². The minimum absolute atomic E-state index is 0.00294. The average molecular weight is 292 g/mol. The normalized spacial score (nSPS) is 14.0. The summed E-state index contributed by atoms with van der Waals surface area (Å²) in [6, 6.07) is 10.9. The molecule has 1 aliphatic rings. The average Bonchev–Trinajstić information content (AvgIpc) is 3.31. The summed E-state index contributed by atoms with van der Waals surface area (Å²) in [6.07, 6.45) is 4.92. The van der Waals surface area contributed by atoms with Crippen LogP contribution in [-0.4, -0.2) is 18.1 Å². The largest absolute Gasteiger partial charge is 0.367 e. The Bertz CT molecular complexity index is 679. The molecule has 1 aromatic heterocycles. The van der Waals surface area contributed by atoms with Crippen LogP contribution in [0.1, 0.15) is 36.2 Å². The number of benzene rings is 1. The Morgan fingerprint density at radius 3 is 2.59 bits per heavy atom. The summed E-state index contributed by atoms with van der Waals surface area (Å²) in [5.41, 5.74) is 6.30. The minimum Gasteiger partial charge on any atom is -0.367 e. The highest BCUT2D eigenvalue weighted by molar-refractivity contribution is 5.72. The number of anilines is 1. The van der Waals surface area contributed by atoms with Crippen LogP contribution < -0.4 is 4.90 Å². The molecule has 2 heterocycles. The van der Waals surface area contributed by atoms with Gasteiger partial charge >= 0.3 is 0 Å². The molecule has 2 nitrogen and oxygen atoms in total. The van der Waals surface area contributed by atoms with Crippen LogP contribution in [0.4, 0.5) is 5.69 Å². The van der Waals surface area contributed by atoms with Crippen LogP contribution in [0.5, 0.6) is 0 Å². The molecule has 114 valence electrons. The van der Waals surface area contributed by atoms with E-state index >= 15 is 0 Å². The Hall–Kier alpha value is -2.09. The van der Waals surface area contributed by atoms with Crippen molar-refractivity contribution in [1.29, 1.82) is 0 Å². The Kier molecular flexibility index (Phi) is 3.78. The summed E-state index contributed by atoms with van der Waals surface area (Å²) in [5, 5.41) is 0. The van der Waals surface area contributed by atoms with Crippen LogP contribution >= 0.6 is 0 Å². The zero-order chi connectivity index (χ0) is 15.7. The molecule has 0 N–H and O–H groups in total. The first-order valence-corrected chi connectivity index (χ1v) is 7.94. The smallest absolute Gasteiger partial charge is 0.0463 e. The molecule has 2 heteroatoms. The summed E-state index contributed by atoms with van der Waals surface area (Å²) < 4.78 is 0. The maximum Gasteiger partial charge on any atom is 0.0463 e. The zero-order valence-electron chi connectivity index (χ0n) is 13.8. The van der Waals surface area contributed by atoms with Gasteiger partial charge in [-0.2, -0.15) is 0 Å². The highest BCUT2D eigenvalue weighted by Crippen LogP contribution is 2.34. The van der Waals surface area contributed by atoms with Crippen molar-refractivity contribution in [3.05, 3.63) is 65.5 Å². The number of pyridine rings is 1. The lowest BCUT2D eigenvalue weighted by Gasteiger charge is -2.26. The fourth-order valence-electron chi connectivity index (χ4n) is 2.99. The lowest BCUT2D eigenvalue weighted by molar-refractivity contribution is 0.505. The monoisotopic (exact) mass is 292 g/mol. The van der Waals surface area contributed by atoms with Crippen molar-refractivity contribution in [3.63, 3.8) is 0 Å². The quantitative estimate of drug-likeness (QED) is 0.760. The number of hydrogen-bond donors (Lipinski definition) is 0. The van der Waals surface area contributed by atoms with E-state index in [0.29, 0.717) is 0 Å². The summed E-state index contributed by atoms with van der Waals surface area (Å²) in [4.78, 5) is 7.02. The molecule has 1 aliphatic heterocycles. The highest BCUT2D eigenvalue weighted by Gasteiger charge is 2.26. The standard InChI is InChI=1S/C20H24N2/c1-5-17-16(7-6-8-18(17)22-11-12-22)13-20(3,4)19-10-9-15(2)14-21-19/h5-10,14H,1,11-13H2,2-4H3. The van der Waals surface area contributed by atoms with E-state index in [1.165, 1.54) is 22.4 Å². The minimum atomic E-state index is 0.00294. The van der Waals surface area contributed by atoms with E-state index in [1.807, 2.05) is 12.3 Å². The summed E-state index contributed by atoms with van der Waals surface area (Å²) in [7, 11) is 0. The van der Waals surface area contributed by atoms with Gasteiger partial charge in [0.25, 0.3) is 0 Å². The zero-order valence-corrected chi connectivity index (χ0v) is 13.8. The van der Waals surface area contributed by atoms with Crippen LogP contribution in [0.3, 0.4) is 0 Å². The van der Waals surface area contributed by atoms with E-state index in [2.05, 4.69) is 67.6 Å². The molecular formula is C20H24N2. The van der Waals surface area contributed by atoms with Gasteiger partial charge in [0.15, 0.2) is 0 Å². The topological polar surface area (TPSA) is 15.9 Å². The first kappa shape index (κ1) is 14.8. The van der Waals surface area contributed by atoms with Gasteiger partial charge in [0.1, 0.15) is 0 Å². The van der Waals surface area contributed by atoms with Crippen molar-refractivity contribution in [2.24, 2.45) is 0 Å². The first-order valence-electron chi connectivity index (χ1n) is 7.94. The Morgan fingerprint density at radius 1 is 1.23 bits per heavy atom. The van der Waals surface area contributed by atoms with Gasteiger partial charge in [-0.05, 0) is 36.6 Å². The van der Waals surface area contributed by atoms with Gasteiger partial charge in [-0.1, -0.05) is 44.7 Å². The van der Waals surface area contributed by atoms with Crippen LogP contribution in [0, 0.1) is 6.92 Å². The second-order valence-corrected chi connectivity index (χ2v) is 6.82. The van der Waals surface area contributed by atoms with Gasteiger partial charge in [-0.25, -0.2) is 0 Å². The van der Waals surface area contributed by atoms with E-state index in [9.17, 15) is 0 Å². The molecule has 0 bridgehead atoms. The van der Waals surface area contributed by atoms with Crippen molar-refractivity contribution in [1.82, 2.24) is 4.98 Å². The molecule has 22 heavy (non-hydrogen) atoms. The number of aryl methyl sites for hydroxylation is 1. The molecule has 1 aromatic carbocycles. The lowest BCUT2D eigenvalue weighted by Crippen LogP contribution is -2.22. The summed E-state index contributed by atoms with van der Waals surface area (Å²) in [6.45, 7) is 13.0. The number of rotatable bonds is 5. The molecule has 3 rings (SSSR count). The third kappa shape index (κ3) is 2.92. The molecule has 1 saturated heterocycles. The van der Waals surface area contributed by atoms with E-state index < -0.39 is 0 Å². The molecule has 0 atom stereocenters. The predicted molar refractivity (Wildman–Crippen MR) is 94.5 cm³/mol. The van der Waals surface area contributed by atoms with Crippen molar-refractivity contribution < 1.29 is 0 Å². The summed E-state index contributed by atoms with van der Waals surface area (Å²) in [5.74, 6) is 0. The van der Waals surface area contributed by atoms with Crippen molar-refractivity contribution >= 4 is 11.8 Å². The second-order valence-electron chi connectivity index (χ2n) is 6.82. The van der Waals surface area contributed by atoms with Crippen molar-refractivity contribution in [3.8, 4) is 0 Å². The fraction of sp³-hybridized carbons (Fsp3) is 0.350. The van der Waals surface area contributed by atoms with Crippen LogP contribution in [0.15, 0.2) is 43.1 Å². The van der Waals surface area contributed by atoms with Gasteiger partial charge in [0.2, 0.25) is 0 Å². The molecule has 0 saturated carbocycles. The third-order valence-corrected chi connectivity index (χ3v) is 4.40. The lowest BCUT2D eigenvalue weighted by atomic mass is 9.80. The van der Waals surface area contributed by atoms with Crippen LogP contribution in [-0.2, 0) is 11.8 Å². The molecule has 0 radical (unpaired) electrons. The first-order chi connectivity index (χ1) is 10.5. The van der Waals surface area contributed by atoms with Gasteiger partial charge < -0.3 is 4.90 Å². The molecule has 2 aromatic rings. The maximum absolute atomic E-state index is 4.64. The number of nitrogens with zero attached hydrogens (tertiary/aromatic N) is 2. The molecular weight excluding hydrogens is 268 g/mol. The molecule has 0 unspecified atom stereocenters. The van der Waals surface area contributed by atoms with E-state index in [0.717, 1.165) is 25.2 Å². The maximum atomic E-state index is 4.64. The highest BCUT2D eigenvalue weighted by atomic mass is 15.3. The van der Waals surface area contributed by atoms with Gasteiger partial charge in [0.05, 0.1) is 0 Å². The molecule has 1 fully saturated rings. The fourth-order valence-corrected chi connectivity index (χ4v) is 2.99. The molecule has 0 spiro atoms. The van der Waals surface area contributed by atoms with Gasteiger partial charge in [-0.3, -0.25) is 4.98 Å². The Labute approximate surface area is 133 Å². The summed E-state index contributed by atoms with van der Waals surface area (Å²) >= 11 is 0. The molecule has 0 amide bonds. The predicted octanol–water partition coefficient (Wildman–Crippen LogP) is 4.37. The van der Waals surface area contributed by atoms with Gasteiger partial charge in [0, 0.05) is 41.6 Å². The number of hydrogen-bond acceptors (Lipinski definition) is 2. The Balaban J connectivity index is 1.93. The van der Waals surface area contributed by atoms with E-state index in [1.54, 1.807) is 0 Å². The third-order valence-electron chi connectivity index (χ3n) is 4.40. The number of aromatic nitrogens is 1. The SMILES string of the molecule is C=Cc1c(CC(C)(C)c2ccc(C)cn2)cccc1N1CC1. The Morgan fingerprint density at radius 2 is 2.00 bits per heavy atom. The van der Waals surface area contributed by atoms with E-state index in [-0.39, 0.29) is 5.41 Å². The van der Waals surface area contributed by atoms with Crippen LogP contribution in [0.2, 0.25) is 0 Å². The van der Waals surface area contributed by atoms with Crippen molar-refractivity contribution in [2.45, 2.75) is 32.6 Å². The van der Waals surface area contributed by atoms with Crippen LogP contribution in [0.25, 0.3) is 6.08 Å². The second kappa shape index (κ2) is 5.60. The van der Waals surface area contributed by atoms with E-state index in [4.69, 9.17) is 0 Å². The molecule has 0 aliphatic carbocycles. The van der Waals surface area contributed by atoms with Crippen molar-refractivity contribution in [2.75, 3.05) is 18.0 Å².